The van der Waals surface area contributed by atoms with E-state index in [1.165, 1.54) is 22.9 Å². The molecule has 2 unspecified atom stereocenters. The van der Waals surface area contributed by atoms with E-state index in [0.29, 0.717) is 16.9 Å². The van der Waals surface area contributed by atoms with Crippen molar-refractivity contribution in [2.24, 2.45) is 11.5 Å². The van der Waals surface area contributed by atoms with Crippen molar-refractivity contribution in [1.82, 2.24) is 4.90 Å². The Labute approximate surface area is 135 Å². The van der Waals surface area contributed by atoms with E-state index in [9.17, 15) is 19.5 Å². The monoisotopic (exact) mass is 334 g/mol. The lowest BCUT2D eigenvalue weighted by Gasteiger charge is -2.49. The van der Waals surface area contributed by atoms with Crippen molar-refractivity contribution < 1.29 is 24.1 Å². The summed E-state index contributed by atoms with van der Waals surface area (Å²) in [4.78, 5) is 35.7. The summed E-state index contributed by atoms with van der Waals surface area (Å²) < 4.78 is 1.64. The topological polar surface area (TPSA) is 133 Å². The van der Waals surface area contributed by atoms with Gasteiger partial charge in [-0.3, -0.25) is 14.5 Å². The summed E-state index contributed by atoms with van der Waals surface area (Å²) in [7, 11) is 0. The fraction of sp³-hybridized carbons (Fsp3) is 0.286. The zero-order chi connectivity index (χ0) is 16.7. The SMILES string of the molecule is NC(=O)c1ccc[n+](CC2=C(C(=O)[O-])N3C(=O)C(N)C3SC2)c1. The number of nitrogens with zero attached hydrogens (tertiary/aromatic N) is 2. The second kappa shape index (κ2) is 5.67. The fourth-order valence-corrected chi connectivity index (χ4v) is 3.96. The Morgan fingerprint density at radius 1 is 1.48 bits per heavy atom. The summed E-state index contributed by atoms with van der Waals surface area (Å²) >= 11 is 1.41. The van der Waals surface area contributed by atoms with E-state index >= 15 is 0 Å². The zero-order valence-corrected chi connectivity index (χ0v) is 12.8. The highest BCUT2D eigenvalue weighted by Crippen LogP contribution is 2.39. The maximum atomic E-state index is 11.8. The molecule has 1 saturated heterocycles. The van der Waals surface area contributed by atoms with Crippen molar-refractivity contribution in [3.05, 3.63) is 41.4 Å². The first kappa shape index (κ1) is 15.5. The first-order valence-corrected chi connectivity index (χ1v) is 7.87. The molecule has 0 aliphatic carbocycles. The summed E-state index contributed by atoms with van der Waals surface area (Å²) in [5.41, 5.74) is 11.6. The molecule has 2 atom stereocenters. The Hall–Kier alpha value is -2.39. The van der Waals surface area contributed by atoms with Crippen LogP contribution in [-0.4, -0.2) is 39.9 Å². The molecular weight excluding hydrogens is 320 g/mol. The number of carboxylic acid groups (broad SMARTS) is 1. The van der Waals surface area contributed by atoms with Crippen LogP contribution in [0.15, 0.2) is 35.8 Å². The second-order valence-electron chi connectivity index (χ2n) is 5.30. The molecule has 1 aromatic rings. The summed E-state index contributed by atoms with van der Waals surface area (Å²) in [5, 5.41) is 11.1. The Morgan fingerprint density at radius 2 is 2.22 bits per heavy atom. The Kier molecular flexibility index (Phi) is 3.82. The average Bonchev–Trinajstić information content (AvgIpc) is 2.53. The van der Waals surface area contributed by atoms with Gasteiger partial charge < -0.3 is 21.4 Å². The molecule has 3 rings (SSSR count). The highest BCUT2D eigenvalue weighted by Gasteiger charge is 2.50. The van der Waals surface area contributed by atoms with Crippen molar-refractivity contribution in [2.45, 2.75) is 18.0 Å². The van der Waals surface area contributed by atoms with E-state index < -0.39 is 23.8 Å². The number of carbonyl (C=O) groups excluding carboxylic acids is 3. The summed E-state index contributed by atoms with van der Waals surface area (Å²) in [6.07, 6.45) is 3.22. The minimum Gasteiger partial charge on any atom is -0.543 e. The van der Waals surface area contributed by atoms with Gasteiger partial charge >= 0.3 is 0 Å². The number of hydrogen-bond acceptors (Lipinski definition) is 6. The molecule has 0 aromatic carbocycles. The zero-order valence-electron chi connectivity index (χ0n) is 12.0. The largest absolute Gasteiger partial charge is 0.543 e. The van der Waals surface area contributed by atoms with Crippen LogP contribution in [0.5, 0.6) is 0 Å². The van der Waals surface area contributed by atoms with Crippen LogP contribution in [0.2, 0.25) is 0 Å². The molecule has 1 fully saturated rings. The fourth-order valence-electron chi connectivity index (χ4n) is 2.68. The quantitative estimate of drug-likeness (QED) is 0.455. The number of primary amides is 1. The van der Waals surface area contributed by atoms with Crippen molar-refractivity contribution in [3.8, 4) is 0 Å². The van der Waals surface area contributed by atoms with Crippen molar-refractivity contribution in [2.75, 3.05) is 5.75 Å². The minimum atomic E-state index is -1.41. The molecule has 0 bridgehead atoms. The van der Waals surface area contributed by atoms with Crippen LogP contribution in [0.1, 0.15) is 10.4 Å². The van der Waals surface area contributed by atoms with Crippen LogP contribution in [0.25, 0.3) is 0 Å². The van der Waals surface area contributed by atoms with Gasteiger partial charge in [0.1, 0.15) is 17.0 Å². The minimum absolute atomic E-state index is 0.127. The summed E-state index contributed by atoms with van der Waals surface area (Å²) in [5.74, 6) is -1.98. The van der Waals surface area contributed by atoms with Gasteiger partial charge in [0.15, 0.2) is 18.9 Å². The van der Waals surface area contributed by atoms with Crippen LogP contribution in [0.3, 0.4) is 0 Å². The number of fused-ring (bicyclic) bond motifs is 1. The maximum absolute atomic E-state index is 11.8. The molecule has 9 heteroatoms. The number of aliphatic carboxylic acids is 1. The summed E-state index contributed by atoms with van der Waals surface area (Å²) in [6, 6.07) is 2.53. The Bertz CT molecular complexity index is 748. The number of aromatic nitrogens is 1. The number of rotatable bonds is 4. The van der Waals surface area contributed by atoms with Crippen LogP contribution in [0, 0.1) is 0 Å². The lowest BCUT2D eigenvalue weighted by atomic mass is 10.0. The first-order valence-electron chi connectivity index (χ1n) is 6.82. The number of pyridine rings is 1. The van der Waals surface area contributed by atoms with Crippen molar-refractivity contribution >= 4 is 29.5 Å². The molecule has 0 saturated carbocycles. The van der Waals surface area contributed by atoms with Gasteiger partial charge in [0, 0.05) is 17.4 Å². The number of β-lactam (4-membered cyclic amide) rings is 1. The van der Waals surface area contributed by atoms with Crippen LogP contribution < -0.4 is 21.1 Å². The molecule has 3 heterocycles. The van der Waals surface area contributed by atoms with Gasteiger partial charge in [-0.15, -0.1) is 11.8 Å². The first-order chi connectivity index (χ1) is 10.9. The van der Waals surface area contributed by atoms with E-state index in [4.69, 9.17) is 11.5 Å². The highest BCUT2D eigenvalue weighted by atomic mass is 32.2. The number of carbonyl (C=O) groups is 3. The van der Waals surface area contributed by atoms with Gasteiger partial charge in [-0.2, -0.15) is 0 Å². The van der Waals surface area contributed by atoms with Crippen molar-refractivity contribution in [3.63, 3.8) is 0 Å². The molecule has 23 heavy (non-hydrogen) atoms. The van der Waals surface area contributed by atoms with E-state index in [2.05, 4.69) is 0 Å². The summed E-state index contributed by atoms with van der Waals surface area (Å²) in [6.45, 7) is 0.211. The van der Waals surface area contributed by atoms with E-state index in [-0.39, 0.29) is 17.6 Å². The average molecular weight is 334 g/mol. The predicted octanol–water partition coefficient (Wildman–Crippen LogP) is -2.68. The van der Waals surface area contributed by atoms with Crippen LogP contribution >= 0.6 is 11.8 Å². The third kappa shape index (κ3) is 2.57. The molecule has 4 N–H and O–H groups in total. The van der Waals surface area contributed by atoms with Gasteiger partial charge in [-0.05, 0) is 6.07 Å². The lowest BCUT2D eigenvalue weighted by Crippen LogP contribution is -2.69. The van der Waals surface area contributed by atoms with E-state index in [1.807, 2.05) is 0 Å². The number of hydrogen-bond donors (Lipinski definition) is 2. The van der Waals surface area contributed by atoms with Crippen molar-refractivity contribution in [1.29, 1.82) is 0 Å². The highest BCUT2D eigenvalue weighted by molar-refractivity contribution is 8.00. The normalized spacial score (nSPS) is 23.3. The molecule has 8 nitrogen and oxygen atoms in total. The molecule has 2 aliphatic heterocycles. The number of carboxylic acids is 1. The number of amides is 2. The van der Waals surface area contributed by atoms with E-state index in [1.54, 1.807) is 22.9 Å². The molecule has 2 aliphatic rings. The standard InChI is InChI=1S/C14H14N4O4S/c15-9-12(20)18-10(14(21)22)8(6-23-13(9)18)5-17-3-1-2-7(4-17)11(16)19/h1-4,9,13H,5-6,15H2,(H2-,16,19,21,22). The molecule has 1 aromatic heterocycles. The molecule has 120 valence electrons. The second-order valence-corrected chi connectivity index (χ2v) is 6.41. The van der Waals surface area contributed by atoms with Gasteiger partial charge in [0.25, 0.3) is 5.91 Å². The predicted molar refractivity (Wildman–Crippen MR) is 78.3 cm³/mol. The van der Waals surface area contributed by atoms with Gasteiger partial charge in [-0.1, -0.05) is 0 Å². The third-order valence-electron chi connectivity index (χ3n) is 3.80. The lowest BCUT2D eigenvalue weighted by molar-refractivity contribution is -0.689. The molecule has 0 radical (unpaired) electrons. The molecular formula is C14H14N4O4S. The van der Waals surface area contributed by atoms with Gasteiger partial charge in [0.2, 0.25) is 5.91 Å². The molecule has 2 amide bonds. The van der Waals surface area contributed by atoms with Crippen LogP contribution in [-0.2, 0) is 16.1 Å². The molecule has 0 spiro atoms. The van der Waals surface area contributed by atoms with Crippen LogP contribution in [0.4, 0.5) is 0 Å². The van der Waals surface area contributed by atoms with Gasteiger partial charge in [-0.25, -0.2) is 4.57 Å². The number of thioether (sulfide) groups is 1. The third-order valence-corrected chi connectivity index (χ3v) is 5.16. The Morgan fingerprint density at radius 3 is 2.87 bits per heavy atom. The maximum Gasteiger partial charge on any atom is 0.254 e. The number of nitrogens with two attached hydrogens (primary N) is 2. The Balaban J connectivity index is 1.94. The van der Waals surface area contributed by atoms with Gasteiger partial charge in [0.05, 0.1) is 11.7 Å². The van der Waals surface area contributed by atoms with E-state index in [0.717, 1.165) is 0 Å². The smallest absolute Gasteiger partial charge is 0.254 e.